The molecule has 1 heteroatoms. The summed E-state index contributed by atoms with van der Waals surface area (Å²) < 4.78 is 0. The lowest BCUT2D eigenvalue weighted by Crippen LogP contribution is -2.45. The van der Waals surface area contributed by atoms with Crippen LogP contribution in [0.2, 0.25) is 0 Å². The van der Waals surface area contributed by atoms with E-state index in [9.17, 15) is 0 Å². The average Bonchev–Trinajstić information content (AvgIpc) is 2.22. The second kappa shape index (κ2) is 4.81. The summed E-state index contributed by atoms with van der Waals surface area (Å²) in [7, 11) is 0. The molecule has 1 heterocycles. The third-order valence-electron chi connectivity index (χ3n) is 3.68. The van der Waals surface area contributed by atoms with Crippen molar-refractivity contribution >= 4 is 0 Å². The predicted molar refractivity (Wildman–Crippen MR) is 74.5 cm³/mol. The van der Waals surface area contributed by atoms with E-state index in [-0.39, 0.29) is 5.41 Å². The molecular weight excluding hydrogens is 206 g/mol. The summed E-state index contributed by atoms with van der Waals surface area (Å²) in [6.45, 7) is 12.9. The van der Waals surface area contributed by atoms with Gasteiger partial charge in [0.15, 0.2) is 0 Å². The maximum Gasteiger partial charge on any atom is 0.00221 e. The first-order chi connectivity index (χ1) is 7.95. The van der Waals surface area contributed by atoms with Gasteiger partial charge < -0.3 is 4.90 Å². The minimum Gasteiger partial charge on any atom is -0.302 e. The van der Waals surface area contributed by atoms with Crippen LogP contribution in [0.1, 0.15) is 38.8 Å². The van der Waals surface area contributed by atoms with Gasteiger partial charge in [0.25, 0.3) is 0 Å². The Balaban J connectivity index is 1.86. The topological polar surface area (TPSA) is 3.24 Å². The molecule has 1 fully saturated rings. The molecule has 0 bridgehead atoms. The van der Waals surface area contributed by atoms with E-state index in [4.69, 9.17) is 0 Å². The van der Waals surface area contributed by atoms with Crippen LogP contribution in [0, 0.1) is 5.92 Å². The maximum atomic E-state index is 2.54. The van der Waals surface area contributed by atoms with Gasteiger partial charge in [0.2, 0.25) is 0 Å². The number of hydrogen-bond acceptors (Lipinski definition) is 1. The Morgan fingerprint density at radius 3 is 2.18 bits per heavy atom. The van der Waals surface area contributed by atoms with Crippen molar-refractivity contribution in [3.8, 4) is 0 Å². The lowest BCUT2D eigenvalue weighted by atomic mass is 9.86. The Labute approximate surface area is 106 Å². The minimum absolute atomic E-state index is 0.269. The van der Waals surface area contributed by atoms with Gasteiger partial charge in [-0.15, -0.1) is 0 Å². The zero-order chi connectivity index (χ0) is 12.5. The monoisotopic (exact) mass is 231 g/mol. The van der Waals surface area contributed by atoms with Gasteiger partial charge in [0.05, 0.1) is 0 Å². The van der Waals surface area contributed by atoms with Crippen molar-refractivity contribution < 1.29 is 0 Å². The highest BCUT2D eigenvalue weighted by molar-refractivity contribution is 5.27. The quantitative estimate of drug-likeness (QED) is 0.770. The highest BCUT2D eigenvalue weighted by Gasteiger charge is 2.21. The van der Waals surface area contributed by atoms with Crippen LogP contribution in [0.25, 0.3) is 0 Å². The summed E-state index contributed by atoms with van der Waals surface area (Å²) in [5, 5.41) is 0. The van der Waals surface area contributed by atoms with Crippen molar-refractivity contribution in [3.05, 3.63) is 35.4 Å². The van der Waals surface area contributed by atoms with Gasteiger partial charge in [-0.3, -0.25) is 0 Å². The molecule has 0 saturated carbocycles. The number of hydrogen-bond donors (Lipinski definition) is 0. The van der Waals surface area contributed by atoms with E-state index in [1.165, 1.54) is 37.2 Å². The zero-order valence-corrected chi connectivity index (χ0v) is 11.7. The molecule has 1 aliphatic rings. The van der Waals surface area contributed by atoms with Crippen LogP contribution < -0.4 is 0 Å². The normalized spacial score (nSPS) is 18.1. The average molecular weight is 231 g/mol. The number of nitrogens with zero attached hydrogens (tertiary/aromatic N) is 1. The standard InChI is InChI=1S/C16H25N/c1-13-11-17(12-13)10-9-14-5-7-15(8-6-14)16(2,3)4/h5-8,13H,9-12H2,1-4H3. The van der Waals surface area contributed by atoms with Gasteiger partial charge in [-0.25, -0.2) is 0 Å². The van der Waals surface area contributed by atoms with Gasteiger partial charge in [0.1, 0.15) is 0 Å². The van der Waals surface area contributed by atoms with E-state index in [1.807, 2.05) is 0 Å². The molecule has 1 aromatic carbocycles. The smallest absolute Gasteiger partial charge is 0.00221 e. The highest BCUT2D eigenvalue weighted by atomic mass is 15.2. The third kappa shape index (κ3) is 3.32. The first-order valence-electron chi connectivity index (χ1n) is 6.77. The fourth-order valence-corrected chi connectivity index (χ4v) is 2.47. The molecule has 1 nitrogen and oxygen atoms in total. The molecule has 1 aliphatic heterocycles. The number of benzene rings is 1. The summed E-state index contributed by atoms with van der Waals surface area (Å²) in [4.78, 5) is 2.54. The van der Waals surface area contributed by atoms with Crippen molar-refractivity contribution in [3.63, 3.8) is 0 Å². The predicted octanol–water partition coefficient (Wildman–Crippen LogP) is 3.48. The lowest BCUT2D eigenvalue weighted by Gasteiger charge is -2.37. The Bertz CT molecular complexity index is 352. The van der Waals surface area contributed by atoms with E-state index >= 15 is 0 Å². The van der Waals surface area contributed by atoms with Gasteiger partial charge >= 0.3 is 0 Å². The van der Waals surface area contributed by atoms with Crippen molar-refractivity contribution in [2.75, 3.05) is 19.6 Å². The van der Waals surface area contributed by atoms with Gasteiger partial charge in [-0.05, 0) is 28.9 Å². The molecule has 0 radical (unpaired) electrons. The molecule has 1 aromatic rings. The first-order valence-corrected chi connectivity index (χ1v) is 6.77. The highest BCUT2D eigenvalue weighted by Crippen LogP contribution is 2.22. The lowest BCUT2D eigenvalue weighted by molar-refractivity contribution is 0.115. The van der Waals surface area contributed by atoms with Gasteiger partial charge in [0, 0.05) is 19.6 Å². The van der Waals surface area contributed by atoms with E-state index in [0.29, 0.717) is 0 Å². The third-order valence-corrected chi connectivity index (χ3v) is 3.68. The molecule has 17 heavy (non-hydrogen) atoms. The molecular formula is C16H25N. The Morgan fingerprint density at radius 1 is 1.12 bits per heavy atom. The Morgan fingerprint density at radius 2 is 1.71 bits per heavy atom. The van der Waals surface area contributed by atoms with E-state index in [2.05, 4.69) is 56.9 Å². The minimum atomic E-state index is 0.269. The molecule has 0 spiro atoms. The molecule has 0 aliphatic carbocycles. The van der Waals surface area contributed by atoms with Gasteiger partial charge in [-0.1, -0.05) is 52.0 Å². The van der Waals surface area contributed by atoms with E-state index < -0.39 is 0 Å². The Kier molecular flexibility index (Phi) is 3.58. The van der Waals surface area contributed by atoms with Crippen LogP contribution >= 0.6 is 0 Å². The van der Waals surface area contributed by atoms with Crippen molar-refractivity contribution in [2.45, 2.75) is 39.5 Å². The van der Waals surface area contributed by atoms with Crippen molar-refractivity contribution in [2.24, 2.45) is 5.92 Å². The molecule has 0 N–H and O–H groups in total. The second-order valence-electron chi connectivity index (χ2n) is 6.56. The largest absolute Gasteiger partial charge is 0.302 e. The number of likely N-dealkylation sites (tertiary alicyclic amines) is 1. The van der Waals surface area contributed by atoms with Crippen LogP contribution in [-0.2, 0) is 11.8 Å². The fraction of sp³-hybridized carbons (Fsp3) is 0.625. The molecule has 0 atom stereocenters. The van der Waals surface area contributed by atoms with E-state index in [1.54, 1.807) is 0 Å². The Hall–Kier alpha value is -0.820. The maximum absolute atomic E-state index is 2.54. The molecule has 1 saturated heterocycles. The summed E-state index contributed by atoms with van der Waals surface area (Å²) in [6, 6.07) is 9.16. The van der Waals surface area contributed by atoms with Crippen LogP contribution in [0.4, 0.5) is 0 Å². The van der Waals surface area contributed by atoms with Crippen LogP contribution in [0.5, 0.6) is 0 Å². The molecule has 0 amide bonds. The van der Waals surface area contributed by atoms with E-state index in [0.717, 1.165) is 5.92 Å². The van der Waals surface area contributed by atoms with Crippen molar-refractivity contribution in [1.29, 1.82) is 0 Å². The summed E-state index contributed by atoms with van der Waals surface area (Å²) in [6.07, 6.45) is 1.19. The van der Waals surface area contributed by atoms with Crippen molar-refractivity contribution in [1.82, 2.24) is 4.90 Å². The summed E-state index contributed by atoms with van der Waals surface area (Å²) in [5.41, 5.74) is 3.17. The molecule has 0 aromatic heterocycles. The van der Waals surface area contributed by atoms with Crippen LogP contribution in [0.3, 0.4) is 0 Å². The van der Waals surface area contributed by atoms with Crippen LogP contribution in [0.15, 0.2) is 24.3 Å². The SMILES string of the molecule is CC1CN(CCc2ccc(C(C)(C)C)cc2)C1. The molecule has 2 rings (SSSR count). The molecule has 0 unspecified atom stereocenters. The first kappa shape index (κ1) is 12.6. The fourth-order valence-electron chi connectivity index (χ4n) is 2.47. The molecule has 94 valence electrons. The number of rotatable bonds is 3. The zero-order valence-electron chi connectivity index (χ0n) is 11.7. The second-order valence-corrected chi connectivity index (χ2v) is 6.56. The van der Waals surface area contributed by atoms with Gasteiger partial charge in [-0.2, -0.15) is 0 Å². The summed E-state index contributed by atoms with van der Waals surface area (Å²) in [5.74, 6) is 0.915. The van der Waals surface area contributed by atoms with Crippen LogP contribution in [-0.4, -0.2) is 24.5 Å². The summed E-state index contributed by atoms with van der Waals surface area (Å²) >= 11 is 0.